The largest absolute Gasteiger partial charge is 0.475 e. The van der Waals surface area contributed by atoms with Crippen LogP contribution in [-0.4, -0.2) is 47.0 Å². The highest BCUT2D eigenvalue weighted by Crippen LogP contribution is 2.60. The van der Waals surface area contributed by atoms with E-state index < -0.39 is 42.9 Å². The topological polar surface area (TPSA) is 135 Å². The second-order valence-electron chi connectivity index (χ2n) is 9.31. The van der Waals surface area contributed by atoms with Gasteiger partial charge in [0.15, 0.2) is 6.23 Å². The fourth-order valence-corrected chi connectivity index (χ4v) is 6.28. The predicted octanol–water partition coefficient (Wildman–Crippen LogP) is 2.52. The van der Waals surface area contributed by atoms with Crippen molar-refractivity contribution >= 4 is 13.8 Å². The zero-order valence-electron chi connectivity index (χ0n) is 19.8. The van der Waals surface area contributed by atoms with Crippen LogP contribution in [0.3, 0.4) is 0 Å². The minimum absolute atomic E-state index is 0.0236. The molecule has 3 heterocycles. The van der Waals surface area contributed by atoms with Crippen molar-refractivity contribution < 1.29 is 32.4 Å². The van der Waals surface area contributed by atoms with Crippen molar-refractivity contribution in [3.05, 3.63) is 33.1 Å². The number of carbonyl (C=O) groups is 1. The van der Waals surface area contributed by atoms with Crippen molar-refractivity contribution in [2.24, 2.45) is 11.3 Å². The van der Waals surface area contributed by atoms with Gasteiger partial charge in [0.1, 0.15) is 23.7 Å². The number of hydrogen-bond acceptors (Lipinski definition) is 9. The van der Waals surface area contributed by atoms with E-state index in [0.29, 0.717) is 12.8 Å². The number of aromatic nitrogens is 2. The van der Waals surface area contributed by atoms with Gasteiger partial charge in [-0.15, -0.1) is 6.42 Å². The lowest BCUT2D eigenvalue weighted by Crippen LogP contribution is -2.43. The lowest BCUT2D eigenvalue weighted by Gasteiger charge is -2.35. The number of fused-ring (bicyclic) bond motifs is 1. The van der Waals surface area contributed by atoms with Gasteiger partial charge < -0.3 is 9.47 Å². The van der Waals surface area contributed by atoms with Gasteiger partial charge in [0, 0.05) is 12.3 Å². The summed E-state index contributed by atoms with van der Waals surface area (Å²) in [5.41, 5.74) is -2.47. The van der Waals surface area contributed by atoms with Crippen molar-refractivity contribution in [3.8, 4) is 12.3 Å². The summed E-state index contributed by atoms with van der Waals surface area (Å²) in [4.78, 5) is 38.4. The molecule has 0 spiro atoms. The molecule has 0 bridgehead atoms. The molecule has 0 amide bonds. The van der Waals surface area contributed by atoms with Crippen LogP contribution in [0, 0.1) is 23.7 Å². The summed E-state index contributed by atoms with van der Waals surface area (Å²) in [5, 5.41) is 0. The van der Waals surface area contributed by atoms with Gasteiger partial charge >= 0.3 is 19.5 Å². The number of nitrogens with one attached hydrogen (secondary N) is 1. The number of ether oxygens (including phenoxy) is 2. The van der Waals surface area contributed by atoms with Crippen molar-refractivity contribution in [1.82, 2.24) is 9.55 Å². The summed E-state index contributed by atoms with van der Waals surface area (Å²) in [5.74, 6) is 1.95. The number of phosphoric ester groups is 1. The number of esters is 1. The molecule has 1 N–H and O–H groups in total. The third-order valence-electron chi connectivity index (χ3n) is 6.93. The Labute approximate surface area is 203 Å². The first-order chi connectivity index (χ1) is 16.7. The van der Waals surface area contributed by atoms with Crippen LogP contribution >= 0.6 is 7.82 Å². The molecule has 4 rings (SSSR count). The third kappa shape index (κ3) is 5.32. The molecule has 1 unspecified atom stereocenters. The molecule has 1 aromatic rings. The molecule has 0 aromatic carbocycles. The van der Waals surface area contributed by atoms with Crippen molar-refractivity contribution in [3.63, 3.8) is 0 Å². The first-order valence-corrected chi connectivity index (χ1v) is 13.4. The minimum atomic E-state index is -4.01. The molecule has 1 aromatic heterocycles. The van der Waals surface area contributed by atoms with Crippen LogP contribution in [0.25, 0.3) is 0 Å². The highest BCUT2D eigenvalue weighted by Gasteiger charge is 2.60. The Morgan fingerprint density at radius 3 is 2.80 bits per heavy atom. The fourth-order valence-electron chi connectivity index (χ4n) is 4.79. The molecule has 2 aliphatic heterocycles. The quantitative estimate of drug-likeness (QED) is 0.318. The number of carbonyl (C=O) groups excluding carboxylic acids is 1. The lowest BCUT2D eigenvalue weighted by atomic mass is 9.83. The second kappa shape index (κ2) is 10.4. The summed E-state index contributed by atoms with van der Waals surface area (Å²) < 4.78 is 42.6. The van der Waals surface area contributed by atoms with Gasteiger partial charge in [-0.1, -0.05) is 12.8 Å². The average Bonchev–Trinajstić information content (AvgIpc) is 3.43. The molecule has 0 radical (unpaired) electrons. The normalized spacial score (nSPS) is 33.7. The van der Waals surface area contributed by atoms with Gasteiger partial charge in [0.2, 0.25) is 0 Å². The van der Waals surface area contributed by atoms with Gasteiger partial charge in [-0.05, 0) is 45.4 Å². The summed E-state index contributed by atoms with van der Waals surface area (Å²) in [6.07, 6.45) is 9.23. The first kappa shape index (κ1) is 25.9. The third-order valence-corrected chi connectivity index (χ3v) is 8.38. The second-order valence-corrected chi connectivity index (χ2v) is 10.9. The zero-order chi connectivity index (χ0) is 25.2. The molecule has 1 saturated carbocycles. The molecule has 11 nitrogen and oxygen atoms in total. The predicted molar refractivity (Wildman–Crippen MR) is 123 cm³/mol. The van der Waals surface area contributed by atoms with Crippen molar-refractivity contribution in [2.45, 2.75) is 76.9 Å². The number of terminal acetylenes is 1. The van der Waals surface area contributed by atoms with Gasteiger partial charge in [0.25, 0.3) is 5.56 Å². The molecule has 1 aliphatic carbocycles. The maximum Gasteiger partial charge on any atom is 0.475 e. The van der Waals surface area contributed by atoms with Gasteiger partial charge in [0.05, 0.1) is 19.1 Å². The SMILES string of the molecule is C#C[C@]1(C)[C@@H]2O[P@@](=O)(OCCC(CC)C(=O)OC3CCCC3)OC[C@H]2O[C@H]1n1ccc(=O)[nH]c1=O. The fraction of sp³-hybridized carbons (Fsp3) is 0.696. The first-order valence-electron chi connectivity index (χ1n) is 11.9. The van der Waals surface area contributed by atoms with Crippen LogP contribution < -0.4 is 11.2 Å². The monoisotopic (exact) mass is 510 g/mol. The van der Waals surface area contributed by atoms with Crippen LogP contribution in [0.1, 0.15) is 58.6 Å². The van der Waals surface area contributed by atoms with E-state index in [4.69, 9.17) is 29.5 Å². The highest BCUT2D eigenvalue weighted by molar-refractivity contribution is 7.48. The van der Waals surface area contributed by atoms with Crippen LogP contribution in [0.2, 0.25) is 0 Å². The van der Waals surface area contributed by atoms with Crippen LogP contribution in [0.5, 0.6) is 0 Å². The van der Waals surface area contributed by atoms with Gasteiger partial charge in [-0.3, -0.25) is 32.7 Å². The minimum Gasteiger partial charge on any atom is -0.462 e. The standard InChI is InChI=1S/C23H31N2O9P/c1-4-15(20(27)32-16-8-6-7-9-16)11-13-30-35(29)31-14-17-19(34-35)23(3,5-2)21(33-17)25-12-10-18(26)24-22(25)28/h2,10,12,15-17,19,21H,4,6-9,11,13-14H2,1,3H3,(H,24,26,28)/t15?,17-,19-,21-,23-,35+/m1/s1. The van der Waals surface area contributed by atoms with Crippen LogP contribution in [0.15, 0.2) is 21.9 Å². The molecule has 192 valence electrons. The van der Waals surface area contributed by atoms with E-state index in [1.165, 1.54) is 12.3 Å². The zero-order valence-corrected chi connectivity index (χ0v) is 20.7. The number of H-pyrrole nitrogens is 1. The summed E-state index contributed by atoms with van der Waals surface area (Å²) in [7, 11) is -4.01. The van der Waals surface area contributed by atoms with E-state index in [1.54, 1.807) is 6.92 Å². The van der Waals surface area contributed by atoms with Gasteiger partial charge in [-0.25, -0.2) is 9.36 Å². The lowest BCUT2D eigenvalue weighted by molar-refractivity contribution is -0.154. The average molecular weight is 510 g/mol. The maximum absolute atomic E-state index is 13.2. The van der Waals surface area contributed by atoms with E-state index in [9.17, 15) is 18.9 Å². The Balaban J connectivity index is 1.40. The molecule has 3 aliphatic rings. The number of aromatic amines is 1. The smallest absolute Gasteiger partial charge is 0.462 e. The molecule has 35 heavy (non-hydrogen) atoms. The number of rotatable bonds is 8. The van der Waals surface area contributed by atoms with Crippen LogP contribution in [-0.2, 0) is 32.4 Å². The summed E-state index contributed by atoms with van der Waals surface area (Å²) >= 11 is 0. The number of nitrogens with zero attached hydrogens (tertiary/aromatic N) is 1. The Bertz CT molecular complexity index is 1130. The van der Waals surface area contributed by atoms with Crippen molar-refractivity contribution in [1.29, 1.82) is 0 Å². The molecule has 6 atom stereocenters. The number of phosphoric acid groups is 1. The molecular weight excluding hydrogens is 479 g/mol. The van der Waals surface area contributed by atoms with Gasteiger partial charge in [-0.2, -0.15) is 0 Å². The highest BCUT2D eigenvalue weighted by atomic mass is 31.2. The Kier molecular flexibility index (Phi) is 7.69. The molecule has 12 heteroatoms. The molecule has 3 fully saturated rings. The van der Waals surface area contributed by atoms with E-state index in [0.717, 1.165) is 30.3 Å². The number of hydrogen-bond donors (Lipinski definition) is 1. The molecule has 2 saturated heterocycles. The maximum atomic E-state index is 13.2. The summed E-state index contributed by atoms with van der Waals surface area (Å²) in [6.45, 7) is 3.35. The van der Waals surface area contributed by atoms with Crippen LogP contribution in [0.4, 0.5) is 0 Å². The van der Waals surface area contributed by atoms with E-state index in [2.05, 4.69) is 10.9 Å². The Morgan fingerprint density at radius 2 is 2.14 bits per heavy atom. The van der Waals surface area contributed by atoms with E-state index >= 15 is 0 Å². The Hall–Kier alpha value is -2.22. The van der Waals surface area contributed by atoms with Crippen molar-refractivity contribution in [2.75, 3.05) is 13.2 Å². The molecular formula is C23H31N2O9P. The summed E-state index contributed by atoms with van der Waals surface area (Å²) in [6, 6.07) is 1.18. The van der Waals surface area contributed by atoms with E-state index in [1.807, 2.05) is 6.92 Å². The van der Waals surface area contributed by atoms with E-state index in [-0.39, 0.29) is 31.2 Å². The Morgan fingerprint density at radius 1 is 1.40 bits per heavy atom.